The molecule has 16 heavy (non-hydrogen) atoms. The van der Waals surface area contributed by atoms with Gasteiger partial charge in [-0.25, -0.2) is 0 Å². The van der Waals surface area contributed by atoms with Crippen molar-refractivity contribution >= 4 is 5.78 Å². The third kappa shape index (κ3) is 2.54. The quantitative estimate of drug-likeness (QED) is 0.785. The van der Waals surface area contributed by atoms with Crippen LogP contribution in [-0.4, -0.2) is 19.0 Å². The second-order valence-corrected chi connectivity index (χ2v) is 3.99. The van der Waals surface area contributed by atoms with Crippen molar-refractivity contribution in [2.45, 2.75) is 31.8 Å². The number of hydrogen-bond acceptors (Lipinski definition) is 3. The van der Waals surface area contributed by atoms with Crippen molar-refractivity contribution < 1.29 is 14.3 Å². The molecule has 1 aromatic carbocycles. The van der Waals surface area contributed by atoms with E-state index in [-0.39, 0.29) is 11.9 Å². The van der Waals surface area contributed by atoms with Gasteiger partial charge in [0, 0.05) is 6.42 Å². The fourth-order valence-corrected chi connectivity index (χ4v) is 1.89. The lowest BCUT2D eigenvalue weighted by Crippen LogP contribution is -2.30. The van der Waals surface area contributed by atoms with Crippen molar-refractivity contribution in [1.82, 2.24) is 0 Å². The van der Waals surface area contributed by atoms with Gasteiger partial charge in [-0.15, -0.1) is 0 Å². The number of ether oxygens (including phenoxy) is 2. The maximum absolute atomic E-state index is 11.6. The molecule has 1 saturated carbocycles. The molecule has 1 aliphatic carbocycles. The molecule has 1 aromatic rings. The van der Waals surface area contributed by atoms with Gasteiger partial charge in [-0.1, -0.05) is 0 Å². The Hall–Kier alpha value is -1.51. The fraction of sp³-hybridized carbons (Fsp3) is 0.462. The van der Waals surface area contributed by atoms with E-state index in [0.29, 0.717) is 6.42 Å². The first-order chi connectivity index (χ1) is 7.79. The summed E-state index contributed by atoms with van der Waals surface area (Å²) in [5.74, 6) is 1.76. The Kier molecular flexibility index (Phi) is 3.44. The Morgan fingerprint density at radius 3 is 2.44 bits per heavy atom. The number of hydrogen-bond donors (Lipinski definition) is 0. The van der Waals surface area contributed by atoms with Crippen molar-refractivity contribution in [1.29, 1.82) is 0 Å². The molecule has 0 aromatic heterocycles. The predicted octanol–water partition coefficient (Wildman–Crippen LogP) is 2.59. The zero-order valence-corrected chi connectivity index (χ0v) is 9.44. The summed E-state index contributed by atoms with van der Waals surface area (Å²) in [6.45, 7) is 0. The summed E-state index contributed by atoms with van der Waals surface area (Å²) in [5, 5.41) is 0. The van der Waals surface area contributed by atoms with Gasteiger partial charge >= 0.3 is 0 Å². The van der Waals surface area contributed by atoms with Crippen molar-refractivity contribution in [3.8, 4) is 11.5 Å². The first-order valence-corrected chi connectivity index (χ1v) is 5.63. The van der Waals surface area contributed by atoms with Crippen LogP contribution in [0.25, 0.3) is 0 Å². The topological polar surface area (TPSA) is 35.5 Å². The van der Waals surface area contributed by atoms with Gasteiger partial charge < -0.3 is 9.47 Å². The predicted molar refractivity (Wildman–Crippen MR) is 60.9 cm³/mol. The van der Waals surface area contributed by atoms with E-state index >= 15 is 0 Å². The molecule has 1 atom stereocenters. The van der Waals surface area contributed by atoms with E-state index in [2.05, 4.69) is 0 Å². The second-order valence-electron chi connectivity index (χ2n) is 3.99. The van der Waals surface area contributed by atoms with Gasteiger partial charge in [-0.3, -0.25) is 4.79 Å². The average molecular weight is 220 g/mol. The molecule has 0 unspecified atom stereocenters. The van der Waals surface area contributed by atoms with Crippen LogP contribution in [0.2, 0.25) is 0 Å². The molecule has 0 aliphatic heterocycles. The highest BCUT2D eigenvalue weighted by Gasteiger charge is 2.23. The second kappa shape index (κ2) is 5.01. The summed E-state index contributed by atoms with van der Waals surface area (Å²) in [6, 6.07) is 7.34. The third-order valence-electron chi connectivity index (χ3n) is 2.84. The maximum Gasteiger partial charge on any atom is 0.173 e. The van der Waals surface area contributed by atoms with Crippen LogP contribution in [0.4, 0.5) is 0 Å². The summed E-state index contributed by atoms with van der Waals surface area (Å²) in [4.78, 5) is 11.6. The molecule has 0 bridgehead atoms. The van der Waals surface area contributed by atoms with Gasteiger partial charge in [0.1, 0.15) is 11.5 Å². The molecule has 0 amide bonds. The highest BCUT2D eigenvalue weighted by Crippen LogP contribution is 2.23. The zero-order valence-electron chi connectivity index (χ0n) is 9.44. The normalized spacial score (nSPS) is 20.6. The number of carbonyl (C=O) groups is 1. The van der Waals surface area contributed by atoms with Gasteiger partial charge in [0.15, 0.2) is 11.9 Å². The van der Waals surface area contributed by atoms with E-state index in [1.54, 1.807) is 7.11 Å². The third-order valence-corrected chi connectivity index (χ3v) is 2.84. The van der Waals surface area contributed by atoms with Crippen LogP contribution in [0.5, 0.6) is 11.5 Å². The Bertz CT molecular complexity index is 356. The Morgan fingerprint density at radius 1 is 1.12 bits per heavy atom. The van der Waals surface area contributed by atoms with Crippen LogP contribution in [0.1, 0.15) is 25.7 Å². The molecular formula is C13H16O3. The number of Topliss-reactive ketones (excluding diaryl/α,β-unsaturated/α-hetero) is 1. The first-order valence-electron chi connectivity index (χ1n) is 5.63. The minimum absolute atomic E-state index is 0.224. The van der Waals surface area contributed by atoms with Gasteiger partial charge in [0.2, 0.25) is 0 Å². The van der Waals surface area contributed by atoms with Crippen molar-refractivity contribution in [2.75, 3.05) is 7.11 Å². The van der Waals surface area contributed by atoms with E-state index in [1.807, 2.05) is 24.3 Å². The standard InChI is InChI=1S/C13H16O3/c1-15-10-6-8-11(9-7-10)16-13-5-3-2-4-12(13)14/h6-9,13H,2-5H2,1H3/t13-/m1/s1. The molecule has 2 rings (SSSR count). The van der Waals surface area contributed by atoms with E-state index in [0.717, 1.165) is 30.8 Å². The van der Waals surface area contributed by atoms with Gasteiger partial charge in [0.05, 0.1) is 7.11 Å². The van der Waals surface area contributed by atoms with Crippen LogP contribution < -0.4 is 9.47 Å². The van der Waals surface area contributed by atoms with E-state index in [9.17, 15) is 4.79 Å². The number of ketones is 1. The molecular weight excluding hydrogens is 204 g/mol. The maximum atomic E-state index is 11.6. The molecule has 86 valence electrons. The van der Waals surface area contributed by atoms with E-state index < -0.39 is 0 Å². The minimum Gasteiger partial charge on any atom is -0.497 e. The highest BCUT2D eigenvalue weighted by molar-refractivity contribution is 5.84. The summed E-state index contributed by atoms with van der Waals surface area (Å²) >= 11 is 0. The lowest BCUT2D eigenvalue weighted by molar-refractivity contribution is -0.127. The molecule has 3 heteroatoms. The van der Waals surface area contributed by atoms with Gasteiger partial charge in [-0.05, 0) is 43.5 Å². The van der Waals surface area contributed by atoms with Gasteiger partial charge in [0.25, 0.3) is 0 Å². The van der Waals surface area contributed by atoms with Crippen LogP contribution in [0.15, 0.2) is 24.3 Å². The largest absolute Gasteiger partial charge is 0.497 e. The van der Waals surface area contributed by atoms with Crippen molar-refractivity contribution in [2.24, 2.45) is 0 Å². The van der Waals surface area contributed by atoms with Crippen LogP contribution in [0.3, 0.4) is 0 Å². The number of rotatable bonds is 3. The van der Waals surface area contributed by atoms with Crippen LogP contribution in [0, 0.1) is 0 Å². The molecule has 0 heterocycles. The molecule has 0 N–H and O–H groups in total. The SMILES string of the molecule is COc1ccc(O[C@@H]2CCCCC2=O)cc1. The summed E-state index contributed by atoms with van der Waals surface area (Å²) in [7, 11) is 1.63. The molecule has 0 saturated heterocycles. The first kappa shape index (κ1) is 11.0. The molecule has 1 fully saturated rings. The monoisotopic (exact) mass is 220 g/mol. The van der Waals surface area contributed by atoms with E-state index in [1.165, 1.54) is 0 Å². The summed E-state index contributed by atoms with van der Waals surface area (Å²) in [5.41, 5.74) is 0. The van der Waals surface area contributed by atoms with Crippen LogP contribution >= 0.6 is 0 Å². The Labute approximate surface area is 95.4 Å². The van der Waals surface area contributed by atoms with Crippen LogP contribution in [-0.2, 0) is 4.79 Å². The van der Waals surface area contributed by atoms with Crippen molar-refractivity contribution in [3.05, 3.63) is 24.3 Å². The Morgan fingerprint density at radius 2 is 1.81 bits per heavy atom. The lowest BCUT2D eigenvalue weighted by atomic mass is 9.96. The average Bonchev–Trinajstić information content (AvgIpc) is 2.33. The minimum atomic E-state index is -0.248. The highest BCUT2D eigenvalue weighted by atomic mass is 16.5. The lowest BCUT2D eigenvalue weighted by Gasteiger charge is -2.21. The zero-order chi connectivity index (χ0) is 11.4. The summed E-state index contributed by atoms with van der Waals surface area (Å²) in [6.07, 6.45) is 3.32. The molecule has 0 radical (unpaired) electrons. The number of methoxy groups -OCH3 is 1. The molecule has 3 nitrogen and oxygen atoms in total. The number of benzene rings is 1. The number of carbonyl (C=O) groups excluding carboxylic acids is 1. The Balaban J connectivity index is 1.99. The van der Waals surface area contributed by atoms with Gasteiger partial charge in [-0.2, -0.15) is 0 Å². The molecule has 1 aliphatic rings. The van der Waals surface area contributed by atoms with Crippen molar-refractivity contribution in [3.63, 3.8) is 0 Å². The smallest absolute Gasteiger partial charge is 0.173 e. The molecule has 0 spiro atoms. The fourth-order valence-electron chi connectivity index (χ4n) is 1.89. The summed E-state index contributed by atoms with van der Waals surface area (Å²) < 4.78 is 10.7. The van der Waals surface area contributed by atoms with E-state index in [4.69, 9.17) is 9.47 Å².